The van der Waals surface area contributed by atoms with Crippen molar-refractivity contribution in [1.82, 2.24) is 5.32 Å². The van der Waals surface area contributed by atoms with E-state index in [1.165, 1.54) is 12.1 Å². The van der Waals surface area contributed by atoms with Crippen molar-refractivity contribution in [2.75, 3.05) is 11.9 Å². The molecule has 0 spiro atoms. The summed E-state index contributed by atoms with van der Waals surface area (Å²) in [6.07, 6.45) is 0.431. The number of carboxylic acids is 1. The van der Waals surface area contributed by atoms with Gasteiger partial charge >= 0.3 is 5.97 Å². The molecular formula is C14H18N2O4. The van der Waals surface area contributed by atoms with E-state index < -0.39 is 18.4 Å². The number of nitrogens with one attached hydrogen (secondary N) is 2. The maximum absolute atomic E-state index is 11.6. The highest BCUT2D eigenvalue weighted by atomic mass is 16.4. The van der Waals surface area contributed by atoms with Crippen LogP contribution in [0, 0.1) is 5.92 Å². The molecule has 0 aromatic heterocycles. The van der Waals surface area contributed by atoms with Gasteiger partial charge in [0.2, 0.25) is 5.91 Å². The van der Waals surface area contributed by atoms with Gasteiger partial charge in [-0.15, -0.1) is 0 Å². The third-order valence-electron chi connectivity index (χ3n) is 2.42. The molecule has 0 bridgehead atoms. The molecule has 0 heterocycles. The van der Waals surface area contributed by atoms with Crippen LogP contribution in [0.2, 0.25) is 0 Å². The quantitative estimate of drug-likeness (QED) is 0.734. The van der Waals surface area contributed by atoms with Crippen molar-refractivity contribution in [3.05, 3.63) is 29.8 Å². The van der Waals surface area contributed by atoms with Crippen LogP contribution < -0.4 is 10.6 Å². The fourth-order valence-electron chi connectivity index (χ4n) is 1.55. The molecule has 0 saturated carbocycles. The molecule has 0 aliphatic rings. The summed E-state index contributed by atoms with van der Waals surface area (Å²) in [6, 6.07) is 6.27. The average molecular weight is 278 g/mol. The molecule has 0 aliphatic heterocycles. The first kappa shape index (κ1) is 15.7. The summed E-state index contributed by atoms with van der Waals surface area (Å²) in [6.45, 7) is 3.48. The Labute approximate surface area is 117 Å². The summed E-state index contributed by atoms with van der Waals surface area (Å²) in [5.74, 6) is -1.37. The van der Waals surface area contributed by atoms with Gasteiger partial charge in [-0.2, -0.15) is 0 Å². The smallest absolute Gasteiger partial charge is 0.322 e. The third kappa shape index (κ3) is 5.51. The normalized spacial score (nSPS) is 10.2. The molecular weight excluding hydrogens is 260 g/mol. The summed E-state index contributed by atoms with van der Waals surface area (Å²) in [5.41, 5.74) is 0.943. The Morgan fingerprint density at radius 3 is 2.25 bits per heavy atom. The Balaban J connectivity index is 2.57. The van der Waals surface area contributed by atoms with Gasteiger partial charge in [0.25, 0.3) is 5.91 Å². The van der Waals surface area contributed by atoms with Crippen molar-refractivity contribution in [3.63, 3.8) is 0 Å². The summed E-state index contributed by atoms with van der Waals surface area (Å²) in [7, 11) is 0. The molecule has 0 aliphatic carbocycles. The lowest BCUT2D eigenvalue weighted by Gasteiger charge is -2.08. The maximum atomic E-state index is 11.6. The number of carbonyl (C=O) groups excluding carboxylic acids is 2. The van der Waals surface area contributed by atoms with Crippen molar-refractivity contribution in [2.24, 2.45) is 5.92 Å². The molecule has 0 atom stereocenters. The zero-order valence-corrected chi connectivity index (χ0v) is 11.5. The van der Waals surface area contributed by atoms with Crippen LogP contribution in [0.1, 0.15) is 30.6 Å². The highest BCUT2D eigenvalue weighted by Crippen LogP contribution is 2.11. The first-order valence-corrected chi connectivity index (χ1v) is 6.28. The fraction of sp³-hybridized carbons (Fsp3) is 0.357. The minimum absolute atomic E-state index is 0.0805. The summed E-state index contributed by atoms with van der Waals surface area (Å²) < 4.78 is 0. The molecule has 6 heteroatoms. The number of aliphatic carboxylic acids is 1. The molecule has 0 fully saturated rings. The third-order valence-corrected chi connectivity index (χ3v) is 2.42. The van der Waals surface area contributed by atoms with Gasteiger partial charge in [-0.05, 0) is 30.2 Å². The second-order valence-corrected chi connectivity index (χ2v) is 4.80. The van der Waals surface area contributed by atoms with E-state index >= 15 is 0 Å². The maximum Gasteiger partial charge on any atom is 0.322 e. The van der Waals surface area contributed by atoms with Crippen molar-refractivity contribution in [1.29, 1.82) is 0 Å². The first-order valence-electron chi connectivity index (χ1n) is 6.28. The lowest BCUT2D eigenvalue weighted by atomic mass is 10.1. The largest absolute Gasteiger partial charge is 0.480 e. The molecule has 20 heavy (non-hydrogen) atoms. The topological polar surface area (TPSA) is 95.5 Å². The van der Waals surface area contributed by atoms with E-state index in [0.717, 1.165) is 0 Å². The van der Waals surface area contributed by atoms with E-state index in [1.807, 2.05) is 13.8 Å². The van der Waals surface area contributed by atoms with Gasteiger partial charge in [0, 0.05) is 17.7 Å². The number of hydrogen-bond donors (Lipinski definition) is 3. The van der Waals surface area contributed by atoms with E-state index in [1.54, 1.807) is 12.1 Å². The molecule has 1 rings (SSSR count). The number of anilines is 1. The van der Waals surface area contributed by atoms with Crippen LogP contribution in [0.15, 0.2) is 24.3 Å². The average Bonchev–Trinajstić information content (AvgIpc) is 2.35. The molecule has 1 aromatic carbocycles. The fourth-order valence-corrected chi connectivity index (χ4v) is 1.55. The Bertz CT molecular complexity index is 494. The van der Waals surface area contributed by atoms with Crippen LogP contribution in [-0.4, -0.2) is 29.4 Å². The first-order chi connectivity index (χ1) is 9.38. The lowest BCUT2D eigenvalue weighted by Crippen LogP contribution is -2.29. The Hall–Kier alpha value is -2.37. The second-order valence-electron chi connectivity index (χ2n) is 4.80. The van der Waals surface area contributed by atoms with Crippen molar-refractivity contribution >= 4 is 23.5 Å². The zero-order chi connectivity index (χ0) is 15.1. The highest BCUT2D eigenvalue weighted by Gasteiger charge is 2.08. The van der Waals surface area contributed by atoms with E-state index in [4.69, 9.17) is 5.11 Å². The van der Waals surface area contributed by atoms with Crippen LogP contribution >= 0.6 is 0 Å². The SMILES string of the molecule is CC(C)CC(=O)Nc1ccc(C(=O)NCC(=O)O)cc1. The van der Waals surface area contributed by atoms with Crippen LogP contribution in [0.4, 0.5) is 5.69 Å². The Kier molecular flexibility index (Phi) is 5.71. The monoisotopic (exact) mass is 278 g/mol. The van der Waals surface area contributed by atoms with Crippen LogP contribution in [-0.2, 0) is 9.59 Å². The highest BCUT2D eigenvalue weighted by molar-refractivity contribution is 5.97. The van der Waals surface area contributed by atoms with Crippen LogP contribution in [0.5, 0.6) is 0 Å². The minimum atomic E-state index is -1.10. The number of rotatable bonds is 6. The van der Waals surface area contributed by atoms with Gasteiger partial charge in [-0.25, -0.2) is 0 Å². The number of carbonyl (C=O) groups is 3. The minimum Gasteiger partial charge on any atom is -0.480 e. The molecule has 108 valence electrons. The van der Waals surface area contributed by atoms with Gasteiger partial charge in [-0.1, -0.05) is 13.8 Å². The standard InChI is InChI=1S/C14H18N2O4/c1-9(2)7-12(17)16-11-5-3-10(4-6-11)14(20)15-8-13(18)19/h3-6,9H,7-8H2,1-2H3,(H,15,20)(H,16,17)(H,18,19). The molecule has 0 unspecified atom stereocenters. The van der Waals surface area contributed by atoms with Gasteiger partial charge < -0.3 is 15.7 Å². The molecule has 0 saturated heterocycles. The lowest BCUT2D eigenvalue weighted by molar-refractivity contribution is -0.135. The van der Waals surface area contributed by atoms with Gasteiger partial charge in [0.05, 0.1) is 0 Å². The Morgan fingerprint density at radius 1 is 1.15 bits per heavy atom. The van der Waals surface area contributed by atoms with Crippen LogP contribution in [0.25, 0.3) is 0 Å². The van der Waals surface area contributed by atoms with Crippen molar-refractivity contribution in [2.45, 2.75) is 20.3 Å². The van der Waals surface area contributed by atoms with Crippen molar-refractivity contribution in [3.8, 4) is 0 Å². The number of amides is 2. The summed E-state index contributed by atoms with van der Waals surface area (Å²) in [4.78, 5) is 33.5. The van der Waals surface area contributed by atoms with Gasteiger partial charge in [0.1, 0.15) is 6.54 Å². The predicted octanol–water partition coefficient (Wildman–Crippen LogP) is 1.49. The van der Waals surface area contributed by atoms with Gasteiger partial charge in [0.15, 0.2) is 0 Å². The van der Waals surface area contributed by atoms with E-state index in [9.17, 15) is 14.4 Å². The molecule has 3 N–H and O–H groups in total. The zero-order valence-electron chi connectivity index (χ0n) is 11.5. The number of carboxylic acid groups (broad SMARTS) is 1. The van der Waals surface area contributed by atoms with Crippen molar-refractivity contribution < 1.29 is 19.5 Å². The molecule has 6 nitrogen and oxygen atoms in total. The van der Waals surface area contributed by atoms with Gasteiger partial charge in [-0.3, -0.25) is 14.4 Å². The number of hydrogen-bond acceptors (Lipinski definition) is 3. The van der Waals surface area contributed by atoms with E-state index in [2.05, 4.69) is 10.6 Å². The molecule has 0 radical (unpaired) electrons. The molecule has 1 aromatic rings. The Morgan fingerprint density at radius 2 is 1.75 bits per heavy atom. The summed E-state index contributed by atoms with van der Waals surface area (Å²) >= 11 is 0. The summed E-state index contributed by atoms with van der Waals surface area (Å²) in [5, 5.41) is 13.4. The van der Waals surface area contributed by atoms with E-state index in [-0.39, 0.29) is 11.8 Å². The predicted molar refractivity (Wildman–Crippen MR) is 74.5 cm³/mol. The number of benzene rings is 1. The molecule has 2 amide bonds. The van der Waals surface area contributed by atoms with Crippen LogP contribution in [0.3, 0.4) is 0 Å². The second kappa shape index (κ2) is 7.28. The van der Waals surface area contributed by atoms with E-state index in [0.29, 0.717) is 17.7 Å².